The summed E-state index contributed by atoms with van der Waals surface area (Å²) in [6, 6.07) is 10.5. The lowest BCUT2D eigenvalue weighted by atomic mass is 9.98. The van der Waals surface area contributed by atoms with E-state index in [1.165, 1.54) is 17.1 Å². The topological polar surface area (TPSA) is 49.8 Å². The Morgan fingerprint density at radius 2 is 1.50 bits per heavy atom. The third-order valence-corrected chi connectivity index (χ3v) is 5.24. The predicted octanol–water partition coefficient (Wildman–Crippen LogP) is 5.46. The third kappa shape index (κ3) is 3.64. The number of hydrogen-bond donors (Lipinski definition) is 0. The molecule has 0 fully saturated rings. The molecule has 0 aliphatic carbocycles. The molecule has 2 aromatic carbocycles. The third-order valence-electron chi connectivity index (χ3n) is 4.61. The molecular weight excluding hydrogens is 374 g/mol. The fourth-order valence-corrected chi connectivity index (χ4v) is 3.99. The van der Waals surface area contributed by atoms with Gasteiger partial charge >= 0.3 is 0 Å². The number of methoxy groups -OCH3 is 4. The minimum atomic E-state index is 0.495. The van der Waals surface area contributed by atoms with E-state index in [4.69, 9.17) is 18.9 Å². The summed E-state index contributed by atoms with van der Waals surface area (Å²) in [5.74, 6) is 2.16. The van der Waals surface area contributed by atoms with E-state index in [2.05, 4.69) is 35.6 Å². The maximum Gasteiger partial charge on any atom is 0.207 e. The van der Waals surface area contributed by atoms with E-state index >= 15 is 0 Å². The van der Waals surface area contributed by atoms with Crippen molar-refractivity contribution in [2.45, 2.75) is 19.8 Å². The SMILES string of the molecule is CCCc1ccc(-c2nscc2-c2cc(OC)c(OC)c(OC)c2OC)cc1. The van der Waals surface area contributed by atoms with Crippen LogP contribution >= 0.6 is 11.5 Å². The Labute approximate surface area is 170 Å². The summed E-state index contributed by atoms with van der Waals surface area (Å²) in [5, 5.41) is 2.01. The smallest absolute Gasteiger partial charge is 0.207 e. The highest BCUT2D eigenvalue weighted by Crippen LogP contribution is 2.51. The summed E-state index contributed by atoms with van der Waals surface area (Å²) in [5.41, 5.74) is 5.10. The maximum absolute atomic E-state index is 5.69. The first kappa shape index (κ1) is 20.0. The molecule has 0 atom stereocenters. The molecule has 3 rings (SSSR count). The summed E-state index contributed by atoms with van der Waals surface area (Å²) in [6.07, 6.45) is 2.20. The summed E-state index contributed by atoms with van der Waals surface area (Å²) in [7, 11) is 6.39. The number of hydrogen-bond acceptors (Lipinski definition) is 6. The molecule has 3 aromatic rings. The maximum atomic E-state index is 5.69. The molecule has 0 saturated heterocycles. The largest absolute Gasteiger partial charge is 0.493 e. The Kier molecular flexibility index (Phi) is 6.41. The first-order valence-corrected chi connectivity index (χ1v) is 9.93. The molecule has 6 heteroatoms. The van der Waals surface area contributed by atoms with Crippen molar-refractivity contribution < 1.29 is 18.9 Å². The minimum absolute atomic E-state index is 0.495. The van der Waals surface area contributed by atoms with Crippen LogP contribution in [0, 0.1) is 0 Å². The van der Waals surface area contributed by atoms with Crippen LogP contribution in [0.4, 0.5) is 0 Å². The lowest BCUT2D eigenvalue weighted by Crippen LogP contribution is -2.00. The van der Waals surface area contributed by atoms with Crippen molar-refractivity contribution >= 4 is 11.5 Å². The van der Waals surface area contributed by atoms with E-state index in [0.29, 0.717) is 23.0 Å². The first-order valence-electron chi connectivity index (χ1n) is 9.09. The monoisotopic (exact) mass is 399 g/mol. The summed E-state index contributed by atoms with van der Waals surface area (Å²) >= 11 is 1.41. The molecule has 0 amide bonds. The lowest BCUT2D eigenvalue weighted by Gasteiger charge is -2.18. The summed E-state index contributed by atoms with van der Waals surface area (Å²) in [6.45, 7) is 2.18. The second-order valence-corrected chi connectivity index (χ2v) is 6.88. The van der Waals surface area contributed by atoms with E-state index in [0.717, 1.165) is 35.2 Å². The van der Waals surface area contributed by atoms with Gasteiger partial charge in [-0.3, -0.25) is 0 Å². The van der Waals surface area contributed by atoms with Gasteiger partial charge in [0.15, 0.2) is 11.5 Å². The molecule has 0 aliphatic heterocycles. The van der Waals surface area contributed by atoms with Gasteiger partial charge in [-0.25, -0.2) is 0 Å². The molecule has 0 N–H and O–H groups in total. The van der Waals surface area contributed by atoms with Crippen LogP contribution < -0.4 is 18.9 Å². The quantitative estimate of drug-likeness (QED) is 0.503. The zero-order chi connectivity index (χ0) is 20.1. The lowest BCUT2D eigenvalue weighted by molar-refractivity contribution is 0.306. The fourth-order valence-electron chi connectivity index (χ4n) is 3.29. The highest BCUT2D eigenvalue weighted by atomic mass is 32.1. The van der Waals surface area contributed by atoms with Crippen LogP contribution in [0.25, 0.3) is 22.4 Å². The Morgan fingerprint density at radius 3 is 2.07 bits per heavy atom. The van der Waals surface area contributed by atoms with Gasteiger partial charge < -0.3 is 18.9 Å². The second kappa shape index (κ2) is 8.97. The van der Waals surface area contributed by atoms with Gasteiger partial charge in [0.05, 0.1) is 34.1 Å². The van der Waals surface area contributed by atoms with Crippen molar-refractivity contribution in [1.82, 2.24) is 4.37 Å². The molecule has 0 aliphatic rings. The van der Waals surface area contributed by atoms with E-state index in [-0.39, 0.29) is 0 Å². The molecule has 1 heterocycles. The average Bonchev–Trinajstić information content (AvgIpc) is 3.22. The van der Waals surface area contributed by atoms with Crippen LogP contribution in [0.2, 0.25) is 0 Å². The molecule has 0 spiro atoms. The van der Waals surface area contributed by atoms with Crippen LogP contribution in [-0.4, -0.2) is 32.8 Å². The standard InChI is InChI=1S/C22H25NO4S/c1-6-7-14-8-10-15(11-9-14)19-17(13-28-23-19)16-12-18(24-2)21(26-4)22(27-5)20(16)25-3/h8-13H,6-7H2,1-5H3. The Hall–Kier alpha value is -2.73. The van der Waals surface area contributed by atoms with Crippen molar-refractivity contribution in [3.8, 4) is 45.4 Å². The number of aromatic nitrogens is 1. The van der Waals surface area contributed by atoms with E-state index < -0.39 is 0 Å². The van der Waals surface area contributed by atoms with Crippen LogP contribution in [0.5, 0.6) is 23.0 Å². The fraction of sp³-hybridized carbons (Fsp3) is 0.318. The van der Waals surface area contributed by atoms with Crippen molar-refractivity contribution in [3.63, 3.8) is 0 Å². The molecule has 0 unspecified atom stereocenters. The first-order chi connectivity index (χ1) is 13.7. The molecule has 1 aromatic heterocycles. The molecular formula is C22H25NO4S. The van der Waals surface area contributed by atoms with Gasteiger partial charge in [0.2, 0.25) is 11.5 Å². The zero-order valence-electron chi connectivity index (χ0n) is 16.9. The normalized spacial score (nSPS) is 10.6. The van der Waals surface area contributed by atoms with Crippen LogP contribution in [0.15, 0.2) is 35.7 Å². The van der Waals surface area contributed by atoms with Crippen molar-refractivity contribution in [2.24, 2.45) is 0 Å². The van der Waals surface area contributed by atoms with Gasteiger partial charge in [0, 0.05) is 22.1 Å². The van der Waals surface area contributed by atoms with E-state index in [1.54, 1.807) is 28.4 Å². The van der Waals surface area contributed by atoms with E-state index in [9.17, 15) is 0 Å². The average molecular weight is 400 g/mol. The van der Waals surface area contributed by atoms with Gasteiger partial charge in [-0.15, -0.1) is 0 Å². The Morgan fingerprint density at radius 1 is 0.821 bits per heavy atom. The Bertz CT molecular complexity index is 934. The number of nitrogens with zero attached hydrogens (tertiary/aromatic N) is 1. The predicted molar refractivity (Wildman–Crippen MR) is 113 cm³/mol. The van der Waals surface area contributed by atoms with Gasteiger partial charge in [0.25, 0.3) is 0 Å². The number of rotatable bonds is 8. The summed E-state index contributed by atoms with van der Waals surface area (Å²) in [4.78, 5) is 0. The zero-order valence-corrected chi connectivity index (χ0v) is 17.7. The van der Waals surface area contributed by atoms with Crippen molar-refractivity contribution in [1.29, 1.82) is 0 Å². The highest BCUT2D eigenvalue weighted by Gasteiger charge is 2.25. The summed E-state index contributed by atoms with van der Waals surface area (Å²) < 4.78 is 26.9. The number of benzene rings is 2. The number of aryl methyl sites for hydroxylation is 1. The Balaban J connectivity index is 2.16. The molecule has 148 valence electrons. The molecule has 28 heavy (non-hydrogen) atoms. The molecule has 0 saturated carbocycles. The van der Waals surface area contributed by atoms with Crippen LogP contribution in [0.3, 0.4) is 0 Å². The molecule has 0 bridgehead atoms. The van der Waals surface area contributed by atoms with Gasteiger partial charge in [0.1, 0.15) is 0 Å². The van der Waals surface area contributed by atoms with Gasteiger partial charge in [-0.05, 0) is 29.6 Å². The minimum Gasteiger partial charge on any atom is -0.493 e. The van der Waals surface area contributed by atoms with Gasteiger partial charge in [-0.2, -0.15) is 4.37 Å². The van der Waals surface area contributed by atoms with Gasteiger partial charge in [-0.1, -0.05) is 37.6 Å². The van der Waals surface area contributed by atoms with E-state index in [1.807, 2.05) is 11.4 Å². The van der Waals surface area contributed by atoms with Crippen LogP contribution in [0.1, 0.15) is 18.9 Å². The molecule has 0 radical (unpaired) electrons. The number of ether oxygens (including phenoxy) is 4. The highest BCUT2D eigenvalue weighted by molar-refractivity contribution is 7.04. The second-order valence-electron chi connectivity index (χ2n) is 6.25. The van der Waals surface area contributed by atoms with Crippen molar-refractivity contribution in [3.05, 3.63) is 41.3 Å². The van der Waals surface area contributed by atoms with Crippen molar-refractivity contribution in [2.75, 3.05) is 28.4 Å². The molecule has 5 nitrogen and oxygen atoms in total. The van der Waals surface area contributed by atoms with Crippen LogP contribution in [-0.2, 0) is 6.42 Å².